The number of hydrogen-bond donors (Lipinski definition) is 2. The zero-order valence-corrected chi connectivity index (χ0v) is 14.9. The van der Waals surface area contributed by atoms with Gasteiger partial charge in [-0.1, -0.05) is 20.8 Å². The first kappa shape index (κ1) is 17.5. The maximum absolute atomic E-state index is 12.6. The highest BCUT2D eigenvalue weighted by Gasteiger charge is 2.31. The van der Waals surface area contributed by atoms with Gasteiger partial charge in [0.2, 0.25) is 10.0 Å². The molecule has 0 saturated carbocycles. The van der Waals surface area contributed by atoms with Gasteiger partial charge in [-0.25, -0.2) is 13.1 Å². The lowest BCUT2D eigenvalue weighted by atomic mass is 9.91. The average Bonchev–Trinajstić information content (AvgIpc) is 2.40. The Kier molecular flexibility index (Phi) is 5.63. The van der Waals surface area contributed by atoms with E-state index in [9.17, 15) is 8.42 Å². The fraction of sp³-hybridized carbons (Fsp3) is 0.571. The third-order valence-electron chi connectivity index (χ3n) is 3.96. The Morgan fingerprint density at radius 2 is 1.70 bits per heavy atom. The molecule has 0 atom stereocenters. The summed E-state index contributed by atoms with van der Waals surface area (Å²) in [5.41, 5.74) is 6.51. The second-order valence-corrected chi connectivity index (χ2v) is 7.59. The molecular formula is C14H23BrN2O2S. The average molecular weight is 363 g/mol. The quantitative estimate of drug-likeness (QED) is 0.759. The number of aryl methyl sites for hydroxylation is 1. The first-order valence-corrected chi connectivity index (χ1v) is 9.08. The molecule has 0 heterocycles. The van der Waals surface area contributed by atoms with Crippen molar-refractivity contribution in [2.75, 3.05) is 5.73 Å². The number of anilines is 1. The van der Waals surface area contributed by atoms with Crippen LogP contribution in [-0.4, -0.2) is 14.0 Å². The van der Waals surface area contributed by atoms with Crippen molar-refractivity contribution in [3.8, 4) is 0 Å². The van der Waals surface area contributed by atoms with Gasteiger partial charge in [0.15, 0.2) is 0 Å². The normalized spacial score (nSPS) is 12.7. The van der Waals surface area contributed by atoms with Crippen molar-refractivity contribution in [1.29, 1.82) is 0 Å². The van der Waals surface area contributed by atoms with E-state index in [0.29, 0.717) is 15.7 Å². The Hall–Kier alpha value is -0.590. The number of rotatable bonds is 6. The van der Waals surface area contributed by atoms with Crippen molar-refractivity contribution in [1.82, 2.24) is 4.72 Å². The Bertz CT molecular complexity index is 573. The molecule has 1 rings (SSSR count). The lowest BCUT2D eigenvalue weighted by Crippen LogP contribution is -2.47. The number of benzene rings is 1. The van der Waals surface area contributed by atoms with Crippen molar-refractivity contribution in [2.45, 2.75) is 57.4 Å². The van der Waals surface area contributed by atoms with Gasteiger partial charge < -0.3 is 5.73 Å². The number of nitrogens with two attached hydrogens (primary N) is 1. The van der Waals surface area contributed by atoms with Crippen LogP contribution >= 0.6 is 15.9 Å². The maximum atomic E-state index is 12.6. The second kappa shape index (κ2) is 6.45. The first-order chi connectivity index (χ1) is 9.21. The zero-order valence-electron chi connectivity index (χ0n) is 12.5. The van der Waals surface area contributed by atoms with E-state index < -0.39 is 15.6 Å². The molecule has 0 aromatic heterocycles. The lowest BCUT2D eigenvalue weighted by molar-refractivity contribution is 0.341. The molecule has 0 radical (unpaired) electrons. The molecule has 0 bridgehead atoms. The molecule has 0 fully saturated rings. The largest absolute Gasteiger partial charge is 0.398 e. The van der Waals surface area contributed by atoms with E-state index in [1.54, 1.807) is 13.0 Å². The van der Waals surface area contributed by atoms with Gasteiger partial charge in [-0.15, -0.1) is 0 Å². The summed E-state index contributed by atoms with van der Waals surface area (Å²) in [5, 5.41) is 0. The molecule has 1 aromatic carbocycles. The van der Waals surface area contributed by atoms with Crippen LogP contribution in [0.4, 0.5) is 5.69 Å². The molecule has 3 N–H and O–H groups in total. The second-order valence-electron chi connectivity index (χ2n) is 5.09. The van der Waals surface area contributed by atoms with Crippen LogP contribution in [0.5, 0.6) is 0 Å². The first-order valence-electron chi connectivity index (χ1n) is 6.81. The lowest BCUT2D eigenvalue weighted by Gasteiger charge is -2.31. The fourth-order valence-electron chi connectivity index (χ4n) is 2.26. The number of halogens is 1. The van der Waals surface area contributed by atoms with Crippen molar-refractivity contribution < 1.29 is 8.42 Å². The molecule has 0 amide bonds. The maximum Gasteiger partial charge on any atom is 0.241 e. The van der Waals surface area contributed by atoms with Gasteiger partial charge in [-0.3, -0.25) is 0 Å². The Morgan fingerprint density at radius 3 is 2.15 bits per heavy atom. The molecule has 0 aliphatic rings. The molecule has 0 spiro atoms. The molecule has 6 heteroatoms. The van der Waals surface area contributed by atoms with Crippen LogP contribution in [0.15, 0.2) is 21.5 Å². The van der Waals surface area contributed by atoms with Crippen molar-refractivity contribution >= 4 is 31.6 Å². The van der Waals surface area contributed by atoms with E-state index in [2.05, 4.69) is 20.7 Å². The molecular weight excluding hydrogens is 340 g/mol. The minimum atomic E-state index is -3.57. The van der Waals surface area contributed by atoms with Crippen molar-refractivity contribution in [3.05, 3.63) is 22.2 Å². The number of nitrogen functional groups attached to an aromatic ring is 1. The van der Waals surface area contributed by atoms with Gasteiger partial charge in [0.1, 0.15) is 0 Å². The van der Waals surface area contributed by atoms with Crippen LogP contribution in [0.25, 0.3) is 0 Å². The summed E-state index contributed by atoms with van der Waals surface area (Å²) in [6.07, 6.45) is 2.26. The van der Waals surface area contributed by atoms with Gasteiger partial charge in [0.25, 0.3) is 0 Å². The molecule has 0 unspecified atom stereocenters. The SMILES string of the molecule is CCC(CC)(CC)NS(=O)(=O)c1cc(N)c(Br)cc1C. The Labute approximate surface area is 130 Å². The van der Waals surface area contributed by atoms with E-state index in [4.69, 9.17) is 5.73 Å². The molecule has 20 heavy (non-hydrogen) atoms. The molecule has 0 aliphatic heterocycles. The third-order valence-corrected chi connectivity index (χ3v) is 6.37. The number of nitrogens with one attached hydrogen (secondary N) is 1. The van der Waals surface area contributed by atoms with Crippen molar-refractivity contribution in [2.24, 2.45) is 0 Å². The Morgan fingerprint density at radius 1 is 1.20 bits per heavy atom. The summed E-state index contributed by atoms with van der Waals surface area (Å²) in [6.45, 7) is 7.76. The topological polar surface area (TPSA) is 72.2 Å². The van der Waals surface area contributed by atoms with Crippen LogP contribution in [0.1, 0.15) is 45.6 Å². The van der Waals surface area contributed by atoms with E-state index in [1.165, 1.54) is 6.07 Å². The third kappa shape index (κ3) is 3.54. The minimum absolute atomic E-state index is 0.248. The van der Waals surface area contributed by atoms with E-state index in [-0.39, 0.29) is 4.90 Å². The summed E-state index contributed by atoms with van der Waals surface area (Å²) >= 11 is 3.31. The van der Waals surface area contributed by atoms with Crippen molar-refractivity contribution in [3.63, 3.8) is 0 Å². The van der Waals surface area contributed by atoms with Crippen LogP contribution in [0, 0.1) is 6.92 Å². The Balaban J connectivity index is 3.28. The summed E-state index contributed by atoms with van der Waals surface area (Å²) in [6, 6.07) is 3.24. The van der Waals surface area contributed by atoms with Gasteiger partial charge in [-0.2, -0.15) is 0 Å². The van der Waals surface area contributed by atoms with E-state index >= 15 is 0 Å². The zero-order chi connectivity index (χ0) is 15.6. The van der Waals surface area contributed by atoms with Crippen LogP contribution in [0.3, 0.4) is 0 Å². The highest BCUT2D eigenvalue weighted by molar-refractivity contribution is 9.10. The van der Waals surface area contributed by atoms with Crippen LogP contribution in [-0.2, 0) is 10.0 Å². The molecule has 0 aliphatic carbocycles. The highest BCUT2D eigenvalue weighted by atomic mass is 79.9. The summed E-state index contributed by atoms with van der Waals surface area (Å²) in [4.78, 5) is 0.248. The summed E-state index contributed by atoms with van der Waals surface area (Å²) < 4.78 is 28.8. The van der Waals surface area contributed by atoms with Gasteiger partial charge in [-0.05, 0) is 59.8 Å². The molecule has 4 nitrogen and oxygen atoms in total. The smallest absolute Gasteiger partial charge is 0.241 e. The minimum Gasteiger partial charge on any atom is -0.398 e. The molecule has 0 saturated heterocycles. The predicted molar refractivity (Wildman–Crippen MR) is 87.2 cm³/mol. The molecule has 1 aromatic rings. The van der Waals surface area contributed by atoms with E-state index in [1.807, 2.05) is 20.8 Å². The monoisotopic (exact) mass is 362 g/mol. The van der Waals surface area contributed by atoms with Gasteiger partial charge >= 0.3 is 0 Å². The van der Waals surface area contributed by atoms with Gasteiger partial charge in [0, 0.05) is 15.7 Å². The fourth-order valence-corrected chi connectivity index (χ4v) is 4.60. The summed E-state index contributed by atoms with van der Waals surface area (Å²) in [5.74, 6) is 0. The van der Waals surface area contributed by atoms with E-state index in [0.717, 1.165) is 19.3 Å². The molecule has 114 valence electrons. The predicted octanol–water partition coefficient (Wildman–Crippen LogP) is 3.59. The standard InChI is InChI=1S/C14H23BrN2O2S/c1-5-14(6-2,7-3)17-20(18,19)13-9-12(16)11(15)8-10(13)4/h8-9,17H,5-7,16H2,1-4H3. The van der Waals surface area contributed by atoms with Crippen LogP contribution in [0.2, 0.25) is 0 Å². The number of hydrogen-bond acceptors (Lipinski definition) is 3. The summed E-state index contributed by atoms with van der Waals surface area (Å²) in [7, 11) is -3.57. The van der Waals surface area contributed by atoms with Crippen LogP contribution < -0.4 is 10.5 Å². The number of sulfonamides is 1. The van der Waals surface area contributed by atoms with Gasteiger partial charge in [0.05, 0.1) is 4.90 Å². The highest BCUT2D eigenvalue weighted by Crippen LogP contribution is 2.29.